The quantitative estimate of drug-likeness (QED) is 0.865. The minimum Gasteiger partial charge on any atom is -0.348 e. The summed E-state index contributed by atoms with van der Waals surface area (Å²) < 4.78 is 2.00. The van der Waals surface area contributed by atoms with Gasteiger partial charge in [0.1, 0.15) is 6.54 Å². The minimum absolute atomic E-state index is 0.0130. The Kier molecular flexibility index (Phi) is 4.37. The van der Waals surface area contributed by atoms with Crippen LogP contribution < -0.4 is 5.32 Å². The van der Waals surface area contributed by atoms with E-state index in [2.05, 4.69) is 11.9 Å². The number of nitrogens with one attached hydrogen (secondary N) is 1. The number of amides is 2. The molecule has 0 unspecified atom stereocenters. The van der Waals surface area contributed by atoms with Crippen LogP contribution in [0.15, 0.2) is 30.9 Å². The van der Waals surface area contributed by atoms with Crippen LogP contribution >= 0.6 is 11.6 Å². The van der Waals surface area contributed by atoms with Crippen LogP contribution in [0.4, 0.5) is 0 Å². The summed E-state index contributed by atoms with van der Waals surface area (Å²) in [5, 5.41) is 4.73. The zero-order chi connectivity index (χ0) is 17.4. The molecule has 0 bridgehead atoms. The Labute approximate surface area is 145 Å². The molecule has 0 saturated carbocycles. The predicted molar refractivity (Wildman–Crippen MR) is 95.1 cm³/mol. The van der Waals surface area contributed by atoms with Gasteiger partial charge in [-0.15, -0.1) is 0 Å². The molecule has 1 aliphatic heterocycles. The molecular formula is C18H20ClN3O2. The third-order valence-corrected chi connectivity index (χ3v) is 4.87. The normalized spacial score (nSPS) is 14.5. The third-order valence-electron chi connectivity index (χ3n) is 4.64. The predicted octanol–water partition coefficient (Wildman–Crippen LogP) is 2.42. The second-order valence-electron chi connectivity index (χ2n) is 6.17. The fourth-order valence-electron chi connectivity index (χ4n) is 3.12. The number of nitrogens with zero attached hydrogens (tertiary/aromatic N) is 2. The molecule has 0 atom stereocenters. The summed E-state index contributed by atoms with van der Waals surface area (Å²) in [5.74, 6) is -0.152. The Morgan fingerprint density at radius 1 is 1.38 bits per heavy atom. The molecule has 3 rings (SSSR count). The van der Waals surface area contributed by atoms with Crippen molar-refractivity contribution in [3.05, 3.63) is 47.1 Å². The second kappa shape index (κ2) is 6.32. The van der Waals surface area contributed by atoms with Crippen LogP contribution in [-0.4, -0.2) is 40.4 Å². The Balaban J connectivity index is 1.70. The van der Waals surface area contributed by atoms with Crippen LogP contribution in [0, 0.1) is 13.8 Å². The van der Waals surface area contributed by atoms with Crippen LogP contribution in [0.25, 0.3) is 10.9 Å². The fourth-order valence-corrected chi connectivity index (χ4v) is 3.29. The van der Waals surface area contributed by atoms with E-state index in [1.54, 1.807) is 4.90 Å². The second-order valence-corrected chi connectivity index (χ2v) is 6.61. The molecule has 0 spiro atoms. The van der Waals surface area contributed by atoms with E-state index < -0.39 is 0 Å². The van der Waals surface area contributed by atoms with Crippen molar-refractivity contribution in [1.29, 1.82) is 0 Å². The summed E-state index contributed by atoms with van der Waals surface area (Å²) in [6, 6.07) is 5.72. The lowest BCUT2D eigenvalue weighted by molar-refractivity contribution is -0.133. The summed E-state index contributed by atoms with van der Waals surface area (Å²) in [7, 11) is 0. The zero-order valence-electron chi connectivity index (χ0n) is 13.8. The van der Waals surface area contributed by atoms with Crippen LogP contribution in [0.2, 0.25) is 5.02 Å². The summed E-state index contributed by atoms with van der Waals surface area (Å²) >= 11 is 6.08. The third kappa shape index (κ3) is 2.91. The molecule has 2 aromatic rings. The van der Waals surface area contributed by atoms with Gasteiger partial charge in [0, 0.05) is 34.7 Å². The maximum Gasteiger partial charge on any atom is 0.246 e. The van der Waals surface area contributed by atoms with Crippen molar-refractivity contribution in [2.75, 3.05) is 13.1 Å². The van der Waals surface area contributed by atoms with Gasteiger partial charge in [0.2, 0.25) is 11.8 Å². The maximum atomic E-state index is 12.4. The SMILES string of the molecule is C=CC(=O)N1CC(NC(=O)Cn2c(C)c(C)c3cc(Cl)ccc32)C1. The van der Waals surface area contributed by atoms with Crippen LogP contribution in [0.5, 0.6) is 0 Å². The Morgan fingerprint density at radius 2 is 2.08 bits per heavy atom. The standard InChI is InChI=1S/C18H20ClN3O2/c1-4-18(24)21-8-14(9-21)20-17(23)10-22-12(3)11(2)15-7-13(19)5-6-16(15)22/h4-7,14H,1,8-10H2,2-3H3,(H,20,23). The van der Waals surface area contributed by atoms with E-state index in [-0.39, 0.29) is 24.4 Å². The zero-order valence-corrected chi connectivity index (χ0v) is 14.6. The van der Waals surface area contributed by atoms with E-state index in [0.717, 1.165) is 22.2 Å². The number of likely N-dealkylation sites (tertiary alicyclic amines) is 1. The largest absolute Gasteiger partial charge is 0.348 e. The van der Waals surface area contributed by atoms with E-state index >= 15 is 0 Å². The van der Waals surface area contributed by atoms with Gasteiger partial charge in [0.15, 0.2) is 0 Å². The Bertz CT molecular complexity index is 834. The van der Waals surface area contributed by atoms with Gasteiger partial charge in [0.05, 0.1) is 6.04 Å². The molecule has 1 aromatic heterocycles. The highest BCUT2D eigenvalue weighted by molar-refractivity contribution is 6.31. The number of carbonyl (C=O) groups is 2. The highest BCUT2D eigenvalue weighted by atomic mass is 35.5. The summed E-state index contributed by atoms with van der Waals surface area (Å²) in [4.78, 5) is 25.4. The molecule has 126 valence electrons. The number of carbonyl (C=O) groups excluding carboxylic acids is 2. The van der Waals surface area contributed by atoms with Crippen LogP contribution in [0.1, 0.15) is 11.3 Å². The Hall–Kier alpha value is -2.27. The molecule has 2 heterocycles. The van der Waals surface area contributed by atoms with Crippen molar-refractivity contribution in [3.8, 4) is 0 Å². The monoisotopic (exact) mass is 345 g/mol. The Morgan fingerprint density at radius 3 is 2.75 bits per heavy atom. The van der Waals surface area contributed by atoms with Crippen molar-refractivity contribution >= 4 is 34.3 Å². The van der Waals surface area contributed by atoms with Gasteiger partial charge < -0.3 is 14.8 Å². The lowest BCUT2D eigenvalue weighted by Gasteiger charge is -2.38. The number of hydrogen-bond acceptors (Lipinski definition) is 2. The van der Waals surface area contributed by atoms with Crippen LogP contribution in [0.3, 0.4) is 0 Å². The molecule has 1 N–H and O–H groups in total. The van der Waals surface area contributed by atoms with Gasteiger partial charge in [-0.2, -0.15) is 0 Å². The molecule has 0 radical (unpaired) electrons. The van der Waals surface area contributed by atoms with Crippen LogP contribution in [-0.2, 0) is 16.1 Å². The number of benzene rings is 1. The number of rotatable bonds is 4. The summed E-state index contributed by atoms with van der Waals surface area (Å²) in [6.07, 6.45) is 1.29. The van der Waals surface area contributed by atoms with Gasteiger partial charge in [-0.05, 0) is 43.7 Å². The molecular weight excluding hydrogens is 326 g/mol. The van der Waals surface area contributed by atoms with E-state index in [1.807, 2.05) is 36.6 Å². The van der Waals surface area contributed by atoms with Gasteiger partial charge in [-0.25, -0.2) is 0 Å². The van der Waals surface area contributed by atoms with Crippen molar-refractivity contribution in [1.82, 2.24) is 14.8 Å². The smallest absolute Gasteiger partial charge is 0.246 e. The number of hydrogen-bond donors (Lipinski definition) is 1. The minimum atomic E-state index is -0.0970. The average molecular weight is 346 g/mol. The van der Waals surface area contributed by atoms with Gasteiger partial charge in [0.25, 0.3) is 0 Å². The molecule has 1 aliphatic rings. The molecule has 6 heteroatoms. The number of fused-ring (bicyclic) bond motifs is 1. The molecule has 1 aromatic carbocycles. The van der Waals surface area contributed by atoms with Gasteiger partial charge in [-0.1, -0.05) is 18.2 Å². The average Bonchev–Trinajstić information content (AvgIpc) is 2.74. The summed E-state index contributed by atoms with van der Waals surface area (Å²) in [6.45, 7) is 8.83. The molecule has 5 nitrogen and oxygen atoms in total. The van der Waals surface area contributed by atoms with Gasteiger partial charge >= 0.3 is 0 Å². The molecule has 1 fully saturated rings. The van der Waals surface area contributed by atoms with Crippen molar-refractivity contribution in [3.63, 3.8) is 0 Å². The molecule has 0 aliphatic carbocycles. The summed E-state index contributed by atoms with van der Waals surface area (Å²) in [5.41, 5.74) is 3.19. The fraction of sp³-hybridized carbons (Fsp3) is 0.333. The first-order valence-electron chi connectivity index (χ1n) is 7.86. The van der Waals surface area contributed by atoms with Crippen molar-refractivity contribution in [2.24, 2.45) is 0 Å². The topological polar surface area (TPSA) is 54.3 Å². The van der Waals surface area contributed by atoms with E-state index in [0.29, 0.717) is 18.1 Å². The van der Waals surface area contributed by atoms with E-state index in [9.17, 15) is 9.59 Å². The van der Waals surface area contributed by atoms with Crippen molar-refractivity contribution < 1.29 is 9.59 Å². The lowest BCUT2D eigenvalue weighted by atomic mass is 10.1. The maximum absolute atomic E-state index is 12.4. The highest BCUT2D eigenvalue weighted by Crippen LogP contribution is 2.27. The van der Waals surface area contributed by atoms with Gasteiger partial charge in [-0.3, -0.25) is 9.59 Å². The molecule has 24 heavy (non-hydrogen) atoms. The first-order valence-corrected chi connectivity index (χ1v) is 8.24. The first kappa shape index (κ1) is 16.6. The van der Waals surface area contributed by atoms with E-state index in [1.165, 1.54) is 6.08 Å². The highest BCUT2D eigenvalue weighted by Gasteiger charge is 2.30. The molecule has 2 amide bonds. The van der Waals surface area contributed by atoms with E-state index in [4.69, 9.17) is 11.6 Å². The first-order chi connectivity index (χ1) is 11.4. The molecule has 1 saturated heterocycles. The lowest BCUT2D eigenvalue weighted by Crippen LogP contribution is -2.61. The number of halogens is 1. The van der Waals surface area contributed by atoms with Crippen molar-refractivity contribution in [2.45, 2.75) is 26.4 Å². The number of aromatic nitrogens is 1. The number of aryl methyl sites for hydroxylation is 1.